The number of hydrogen-bond acceptors (Lipinski definition) is 5. The van der Waals surface area contributed by atoms with Crippen molar-refractivity contribution in [2.24, 2.45) is 5.10 Å². The summed E-state index contributed by atoms with van der Waals surface area (Å²) in [7, 11) is 0. The number of benzene rings is 2. The molecule has 0 radical (unpaired) electrons. The number of hydrogen-bond donors (Lipinski definition) is 2. The molecule has 0 aliphatic carbocycles. The molecule has 2 N–H and O–H groups in total. The zero-order valence-electron chi connectivity index (χ0n) is 16.9. The second-order valence-corrected chi connectivity index (χ2v) is 6.55. The number of rotatable bonds is 8. The van der Waals surface area contributed by atoms with E-state index in [-0.39, 0.29) is 18.8 Å². The lowest BCUT2D eigenvalue weighted by Crippen LogP contribution is -2.47. The van der Waals surface area contributed by atoms with E-state index >= 15 is 0 Å². The molecule has 160 valence electrons. The number of nitrogens with zero attached hydrogens (tertiary/aromatic N) is 1. The minimum Gasteiger partial charge on any atom is -0.455 e. The van der Waals surface area contributed by atoms with Gasteiger partial charge in [0.25, 0.3) is 5.91 Å². The highest BCUT2D eigenvalue weighted by atomic mass is 19.1. The number of amides is 2. The first-order chi connectivity index (χ1) is 15.0. The van der Waals surface area contributed by atoms with Crippen LogP contribution in [0.25, 0.3) is 11.3 Å². The largest absolute Gasteiger partial charge is 0.455 e. The maximum Gasteiger partial charge on any atom is 0.407 e. The molecule has 0 saturated carbocycles. The summed E-state index contributed by atoms with van der Waals surface area (Å²) in [6, 6.07) is 17.7. The molecular weight excluding hydrogens is 401 g/mol. The summed E-state index contributed by atoms with van der Waals surface area (Å²) >= 11 is 0. The zero-order valence-corrected chi connectivity index (χ0v) is 16.9. The molecule has 1 aromatic heterocycles. The van der Waals surface area contributed by atoms with Crippen LogP contribution in [0.15, 0.2) is 76.2 Å². The lowest BCUT2D eigenvalue weighted by molar-refractivity contribution is -0.123. The molecule has 0 aliphatic rings. The second-order valence-electron chi connectivity index (χ2n) is 6.55. The normalized spacial score (nSPS) is 11.8. The Kier molecular flexibility index (Phi) is 7.53. The van der Waals surface area contributed by atoms with Gasteiger partial charge in [0.2, 0.25) is 0 Å². The molecule has 8 heteroatoms. The topological polar surface area (TPSA) is 92.9 Å². The SMILES string of the molecule is CCOC(=O)N[C@@H](Cc1ccccc1)C(=O)N/N=C\c1ccc(-c2ccc(F)cc2)o1. The van der Waals surface area contributed by atoms with Crippen molar-refractivity contribution >= 4 is 18.2 Å². The summed E-state index contributed by atoms with van der Waals surface area (Å²) in [5.74, 6) is 0.107. The van der Waals surface area contributed by atoms with Crippen molar-refractivity contribution in [2.45, 2.75) is 19.4 Å². The molecule has 0 unspecified atom stereocenters. The first-order valence-corrected chi connectivity index (χ1v) is 9.71. The van der Waals surface area contributed by atoms with E-state index in [1.807, 2.05) is 30.3 Å². The van der Waals surface area contributed by atoms with E-state index in [0.717, 1.165) is 5.56 Å². The fraction of sp³-hybridized carbons (Fsp3) is 0.174. The van der Waals surface area contributed by atoms with Gasteiger partial charge in [0, 0.05) is 12.0 Å². The molecule has 0 saturated heterocycles. The number of carbonyl (C=O) groups excluding carboxylic acids is 2. The molecule has 2 amide bonds. The highest BCUT2D eigenvalue weighted by Gasteiger charge is 2.21. The van der Waals surface area contributed by atoms with Crippen molar-refractivity contribution in [3.8, 4) is 11.3 Å². The molecule has 3 aromatic rings. The maximum atomic E-state index is 13.0. The molecule has 2 aromatic carbocycles. The number of ether oxygens (including phenoxy) is 1. The van der Waals surface area contributed by atoms with Gasteiger partial charge in [-0.3, -0.25) is 4.79 Å². The van der Waals surface area contributed by atoms with E-state index in [1.54, 1.807) is 31.2 Å². The lowest BCUT2D eigenvalue weighted by atomic mass is 10.1. The third-order valence-corrected chi connectivity index (χ3v) is 4.29. The molecule has 0 aliphatic heterocycles. The molecule has 31 heavy (non-hydrogen) atoms. The molecule has 0 fully saturated rings. The summed E-state index contributed by atoms with van der Waals surface area (Å²) in [6.07, 6.45) is 0.934. The van der Waals surface area contributed by atoms with Crippen LogP contribution in [0, 0.1) is 5.82 Å². The summed E-state index contributed by atoms with van der Waals surface area (Å²) in [4.78, 5) is 24.4. The number of carbonyl (C=O) groups is 2. The predicted molar refractivity (Wildman–Crippen MR) is 114 cm³/mol. The molecule has 1 atom stereocenters. The van der Waals surface area contributed by atoms with Crippen LogP contribution in [0.1, 0.15) is 18.2 Å². The second kappa shape index (κ2) is 10.7. The van der Waals surface area contributed by atoms with Gasteiger partial charge in [-0.05, 0) is 48.9 Å². The molecule has 1 heterocycles. The average molecular weight is 423 g/mol. The van der Waals surface area contributed by atoms with Gasteiger partial charge in [-0.2, -0.15) is 5.10 Å². The summed E-state index contributed by atoms with van der Waals surface area (Å²) in [6.45, 7) is 1.87. The third kappa shape index (κ3) is 6.53. The highest BCUT2D eigenvalue weighted by molar-refractivity contribution is 5.87. The first-order valence-electron chi connectivity index (χ1n) is 9.71. The van der Waals surface area contributed by atoms with Gasteiger partial charge < -0.3 is 14.5 Å². The fourth-order valence-electron chi connectivity index (χ4n) is 2.80. The van der Waals surface area contributed by atoms with Gasteiger partial charge >= 0.3 is 6.09 Å². The monoisotopic (exact) mass is 423 g/mol. The van der Waals surface area contributed by atoms with Crippen LogP contribution in [-0.2, 0) is 16.0 Å². The van der Waals surface area contributed by atoms with E-state index < -0.39 is 18.0 Å². The molecule has 3 rings (SSSR count). The van der Waals surface area contributed by atoms with Crippen molar-refractivity contribution < 1.29 is 23.1 Å². The number of halogens is 1. The standard InChI is InChI=1S/C23H22FN3O4/c1-2-30-23(29)26-20(14-16-6-4-3-5-7-16)22(28)27-25-15-19-12-13-21(31-19)17-8-10-18(24)11-9-17/h3-13,15,20H,2,14H2,1H3,(H,26,29)(H,27,28)/b25-15-/t20-/m0/s1. The number of furan rings is 1. The molecule has 0 bridgehead atoms. The summed E-state index contributed by atoms with van der Waals surface area (Å²) < 4.78 is 23.6. The third-order valence-electron chi connectivity index (χ3n) is 4.29. The first kappa shape index (κ1) is 21.8. The van der Waals surface area contributed by atoms with Crippen molar-refractivity contribution in [1.82, 2.24) is 10.7 Å². The predicted octanol–water partition coefficient (Wildman–Crippen LogP) is 3.89. The molecular formula is C23H22FN3O4. The fourth-order valence-corrected chi connectivity index (χ4v) is 2.80. The Hall–Kier alpha value is -3.94. The number of alkyl carbamates (subject to hydrolysis) is 1. The van der Waals surface area contributed by atoms with Gasteiger partial charge in [-0.15, -0.1) is 0 Å². The molecule has 7 nitrogen and oxygen atoms in total. The van der Waals surface area contributed by atoms with Gasteiger partial charge in [0.05, 0.1) is 12.8 Å². The lowest BCUT2D eigenvalue weighted by Gasteiger charge is -2.16. The van der Waals surface area contributed by atoms with Crippen LogP contribution in [-0.4, -0.2) is 30.9 Å². The van der Waals surface area contributed by atoms with Crippen molar-refractivity contribution in [3.05, 3.63) is 83.9 Å². The van der Waals surface area contributed by atoms with Crippen LogP contribution < -0.4 is 10.7 Å². The van der Waals surface area contributed by atoms with Gasteiger partial charge in [-0.25, -0.2) is 14.6 Å². The Morgan fingerprint density at radius 3 is 2.55 bits per heavy atom. The number of nitrogens with one attached hydrogen (secondary N) is 2. The van der Waals surface area contributed by atoms with Crippen LogP contribution in [0.4, 0.5) is 9.18 Å². The van der Waals surface area contributed by atoms with E-state index in [0.29, 0.717) is 17.1 Å². The van der Waals surface area contributed by atoms with Crippen molar-refractivity contribution in [1.29, 1.82) is 0 Å². The van der Waals surface area contributed by atoms with E-state index in [1.165, 1.54) is 18.3 Å². The van der Waals surface area contributed by atoms with E-state index in [9.17, 15) is 14.0 Å². The Labute approximate surface area is 178 Å². The van der Waals surface area contributed by atoms with Crippen molar-refractivity contribution in [3.63, 3.8) is 0 Å². The zero-order chi connectivity index (χ0) is 22.1. The average Bonchev–Trinajstić information content (AvgIpc) is 3.23. The van der Waals surface area contributed by atoms with Gasteiger partial charge in [0.15, 0.2) is 0 Å². The Morgan fingerprint density at radius 2 is 1.84 bits per heavy atom. The van der Waals surface area contributed by atoms with Crippen LogP contribution in [0.3, 0.4) is 0 Å². The smallest absolute Gasteiger partial charge is 0.407 e. The van der Waals surface area contributed by atoms with E-state index in [2.05, 4.69) is 15.8 Å². The van der Waals surface area contributed by atoms with Crippen molar-refractivity contribution in [2.75, 3.05) is 6.61 Å². The quantitative estimate of drug-likeness (QED) is 0.425. The maximum absolute atomic E-state index is 13.0. The minimum absolute atomic E-state index is 0.193. The molecule has 0 spiro atoms. The summed E-state index contributed by atoms with van der Waals surface area (Å²) in [5.41, 5.74) is 3.99. The highest BCUT2D eigenvalue weighted by Crippen LogP contribution is 2.21. The Morgan fingerprint density at radius 1 is 1.10 bits per heavy atom. The van der Waals surface area contributed by atoms with Crippen LogP contribution in [0.2, 0.25) is 0 Å². The van der Waals surface area contributed by atoms with Gasteiger partial charge in [-0.1, -0.05) is 30.3 Å². The Bertz CT molecular complexity index is 1030. The van der Waals surface area contributed by atoms with E-state index in [4.69, 9.17) is 9.15 Å². The van der Waals surface area contributed by atoms with Crippen LogP contribution in [0.5, 0.6) is 0 Å². The van der Waals surface area contributed by atoms with Crippen LogP contribution >= 0.6 is 0 Å². The Balaban J connectivity index is 1.63. The van der Waals surface area contributed by atoms with Gasteiger partial charge in [0.1, 0.15) is 23.4 Å². The minimum atomic E-state index is -0.870. The number of hydrazone groups is 1. The summed E-state index contributed by atoms with van der Waals surface area (Å²) in [5, 5.41) is 6.45.